The van der Waals surface area contributed by atoms with Crippen molar-refractivity contribution in [3.05, 3.63) is 27.2 Å². The zero-order valence-electron chi connectivity index (χ0n) is 10.4. The molecule has 6 nitrogen and oxygen atoms in total. The summed E-state index contributed by atoms with van der Waals surface area (Å²) in [6.45, 7) is 5.16. The average Bonchev–Trinajstić information content (AvgIpc) is 2.23. The third-order valence-electron chi connectivity index (χ3n) is 2.57. The van der Waals surface area contributed by atoms with Gasteiger partial charge in [-0.1, -0.05) is 0 Å². The number of likely N-dealkylation sites (N-methyl/N-ethyl adjacent to an activating group) is 1. The van der Waals surface area contributed by atoms with Crippen LogP contribution in [0.4, 0.5) is 0 Å². The predicted molar refractivity (Wildman–Crippen MR) is 63.0 cm³/mol. The molecule has 1 rings (SSSR count). The molecule has 0 aliphatic rings. The number of nitrogens with one attached hydrogen (secondary N) is 1. The highest BCUT2D eigenvalue weighted by Gasteiger charge is 2.20. The van der Waals surface area contributed by atoms with E-state index >= 15 is 0 Å². The molecule has 0 bridgehead atoms. The zero-order chi connectivity index (χ0) is 13.2. The minimum absolute atomic E-state index is 0.0839. The number of rotatable bonds is 3. The first-order valence-electron chi connectivity index (χ1n) is 5.34. The monoisotopic (exact) mass is 239 g/mol. The molecule has 1 heterocycles. The quantitative estimate of drug-likeness (QED) is 0.767. The molecule has 0 aromatic carbocycles. The lowest BCUT2D eigenvalue weighted by Crippen LogP contribution is -2.37. The molecule has 17 heavy (non-hydrogen) atoms. The first-order valence-corrected chi connectivity index (χ1v) is 5.34. The van der Waals surface area contributed by atoms with Gasteiger partial charge in [0.15, 0.2) is 0 Å². The van der Waals surface area contributed by atoms with Crippen LogP contribution < -0.4 is 5.56 Å². The van der Waals surface area contributed by atoms with E-state index in [1.54, 1.807) is 27.8 Å². The second kappa shape index (κ2) is 5.09. The maximum absolute atomic E-state index is 12.0. The number of H-pyrrole nitrogens is 1. The van der Waals surface area contributed by atoms with Crippen LogP contribution in [0.25, 0.3) is 0 Å². The molecular formula is C11H17N3O3. The molecule has 94 valence electrons. The summed E-state index contributed by atoms with van der Waals surface area (Å²) >= 11 is 0. The van der Waals surface area contributed by atoms with Crippen LogP contribution in [-0.4, -0.2) is 45.8 Å². The molecule has 1 unspecified atom stereocenters. The van der Waals surface area contributed by atoms with E-state index in [-0.39, 0.29) is 12.1 Å². The summed E-state index contributed by atoms with van der Waals surface area (Å²) in [5.41, 5.74) is 0.755. The number of carbonyl (C=O) groups excluding carboxylic acids is 1. The van der Waals surface area contributed by atoms with Crippen molar-refractivity contribution in [1.82, 2.24) is 15.1 Å². The minimum Gasteiger partial charge on any atom is -0.392 e. The molecule has 0 saturated carbocycles. The Labute approximate surface area is 99.3 Å². The highest BCUT2D eigenvalue weighted by molar-refractivity contribution is 5.95. The topological polar surface area (TPSA) is 86.3 Å². The number of aromatic amines is 1. The molecule has 6 heteroatoms. The summed E-state index contributed by atoms with van der Waals surface area (Å²) < 4.78 is 0. The fourth-order valence-corrected chi connectivity index (χ4v) is 1.55. The maximum Gasteiger partial charge on any atom is 0.277 e. The Bertz CT molecular complexity index is 479. The van der Waals surface area contributed by atoms with Crippen LogP contribution >= 0.6 is 0 Å². The lowest BCUT2D eigenvalue weighted by atomic mass is 10.1. The van der Waals surface area contributed by atoms with Gasteiger partial charge < -0.3 is 10.0 Å². The van der Waals surface area contributed by atoms with E-state index in [4.69, 9.17) is 0 Å². The van der Waals surface area contributed by atoms with Gasteiger partial charge in [-0.15, -0.1) is 0 Å². The first kappa shape index (κ1) is 13.4. The average molecular weight is 239 g/mol. The van der Waals surface area contributed by atoms with Crippen LogP contribution in [0.3, 0.4) is 0 Å². The molecule has 0 fully saturated rings. The van der Waals surface area contributed by atoms with Crippen molar-refractivity contribution in [2.75, 3.05) is 13.6 Å². The Hall–Kier alpha value is -1.69. The van der Waals surface area contributed by atoms with Gasteiger partial charge in [0.25, 0.3) is 11.5 Å². The SMILES string of the molecule is Cc1n[nH]c(=O)c(C(=O)N(C)CC(C)O)c1C. The summed E-state index contributed by atoms with van der Waals surface area (Å²) in [6.07, 6.45) is -0.633. The van der Waals surface area contributed by atoms with Crippen molar-refractivity contribution in [2.24, 2.45) is 0 Å². The molecule has 0 aliphatic carbocycles. The molecular weight excluding hydrogens is 222 g/mol. The molecule has 1 aromatic heterocycles. The largest absolute Gasteiger partial charge is 0.392 e. The molecule has 1 amide bonds. The van der Waals surface area contributed by atoms with Gasteiger partial charge in [0.05, 0.1) is 11.8 Å². The standard InChI is InChI=1S/C11H17N3O3/c1-6(15)5-14(4)11(17)9-7(2)8(3)12-13-10(9)16/h6,15H,5H2,1-4H3,(H,13,16). The molecule has 0 spiro atoms. The van der Waals surface area contributed by atoms with Gasteiger partial charge >= 0.3 is 0 Å². The number of hydrogen-bond acceptors (Lipinski definition) is 4. The number of aliphatic hydroxyl groups excluding tert-OH is 1. The van der Waals surface area contributed by atoms with Gasteiger partial charge in [-0.2, -0.15) is 5.10 Å². The van der Waals surface area contributed by atoms with Gasteiger partial charge in [-0.25, -0.2) is 5.10 Å². The Morgan fingerprint density at radius 2 is 2.12 bits per heavy atom. The van der Waals surface area contributed by atoms with E-state index in [1.165, 1.54) is 4.90 Å². The summed E-state index contributed by atoms with van der Waals surface area (Å²) in [5, 5.41) is 15.3. The molecule has 1 atom stereocenters. The van der Waals surface area contributed by atoms with Crippen molar-refractivity contribution in [3.8, 4) is 0 Å². The van der Waals surface area contributed by atoms with Crippen molar-refractivity contribution >= 4 is 5.91 Å². The molecule has 0 radical (unpaired) electrons. The minimum atomic E-state index is -0.633. The van der Waals surface area contributed by atoms with Gasteiger partial charge in [-0.05, 0) is 26.3 Å². The van der Waals surface area contributed by atoms with Gasteiger partial charge in [0, 0.05) is 13.6 Å². The number of aryl methyl sites for hydroxylation is 1. The second-order valence-electron chi connectivity index (χ2n) is 4.17. The van der Waals surface area contributed by atoms with E-state index in [2.05, 4.69) is 10.2 Å². The molecule has 1 aromatic rings. The summed E-state index contributed by atoms with van der Waals surface area (Å²) in [5.74, 6) is -0.407. The summed E-state index contributed by atoms with van der Waals surface area (Å²) in [6, 6.07) is 0. The fourth-order valence-electron chi connectivity index (χ4n) is 1.55. The van der Waals surface area contributed by atoms with Crippen molar-refractivity contribution in [3.63, 3.8) is 0 Å². The molecule has 0 aliphatic heterocycles. The van der Waals surface area contributed by atoms with Gasteiger partial charge in [0.2, 0.25) is 0 Å². The number of hydrogen-bond donors (Lipinski definition) is 2. The van der Waals surface area contributed by atoms with Crippen LogP contribution in [0.1, 0.15) is 28.5 Å². The van der Waals surface area contributed by atoms with Crippen molar-refractivity contribution < 1.29 is 9.90 Å². The van der Waals surface area contributed by atoms with E-state index < -0.39 is 17.6 Å². The number of nitrogens with zero attached hydrogens (tertiary/aromatic N) is 2. The smallest absolute Gasteiger partial charge is 0.277 e. The number of aromatic nitrogens is 2. The van der Waals surface area contributed by atoms with Crippen molar-refractivity contribution in [1.29, 1.82) is 0 Å². The third-order valence-corrected chi connectivity index (χ3v) is 2.57. The highest BCUT2D eigenvalue weighted by Crippen LogP contribution is 2.07. The van der Waals surface area contributed by atoms with Gasteiger partial charge in [-0.3, -0.25) is 9.59 Å². The predicted octanol–water partition coefficient (Wildman–Crippen LogP) is -0.160. The molecule has 2 N–H and O–H groups in total. The van der Waals surface area contributed by atoms with E-state index in [0.29, 0.717) is 11.3 Å². The van der Waals surface area contributed by atoms with Crippen LogP contribution in [0.15, 0.2) is 4.79 Å². The Kier molecular flexibility index (Phi) is 4.01. The normalized spacial score (nSPS) is 12.3. The first-order chi connectivity index (χ1) is 7.84. The Balaban J connectivity index is 3.12. The van der Waals surface area contributed by atoms with Gasteiger partial charge in [0.1, 0.15) is 5.56 Å². The van der Waals surface area contributed by atoms with E-state index in [0.717, 1.165) is 0 Å². The number of aliphatic hydroxyl groups is 1. The third kappa shape index (κ3) is 2.91. The van der Waals surface area contributed by atoms with Crippen molar-refractivity contribution in [2.45, 2.75) is 26.9 Å². The highest BCUT2D eigenvalue weighted by atomic mass is 16.3. The Morgan fingerprint density at radius 3 is 2.65 bits per heavy atom. The lowest BCUT2D eigenvalue weighted by molar-refractivity contribution is 0.0701. The Morgan fingerprint density at radius 1 is 1.53 bits per heavy atom. The van der Waals surface area contributed by atoms with Crippen LogP contribution in [0, 0.1) is 13.8 Å². The molecule has 0 saturated heterocycles. The van der Waals surface area contributed by atoms with Crippen LogP contribution in [0.5, 0.6) is 0 Å². The fraction of sp³-hybridized carbons (Fsp3) is 0.545. The number of amides is 1. The van der Waals surface area contributed by atoms with E-state index in [1.807, 2.05) is 0 Å². The number of carbonyl (C=O) groups is 1. The zero-order valence-corrected chi connectivity index (χ0v) is 10.4. The van der Waals surface area contributed by atoms with Crippen LogP contribution in [-0.2, 0) is 0 Å². The summed E-state index contributed by atoms with van der Waals surface area (Å²) in [7, 11) is 1.55. The van der Waals surface area contributed by atoms with E-state index in [9.17, 15) is 14.7 Å². The lowest BCUT2D eigenvalue weighted by Gasteiger charge is -2.19. The second-order valence-corrected chi connectivity index (χ2v) is 4.17. The summed E-state index contributed by atoms with van der Waals surface area (Å²) in [4.78, 5) is 25.0. The maximum atomic E-state index is 12.0. The van der Waals surface area contributed by atoms with Crippen LogP contribution in [0.2, 0.25) is 0 Å².